The van der Waals surface area contributed by atoms with Crippen molar-refractivity contribution in [2.24, 2.45) is 0 Å². The number of thiophene rings is 1. The van der Waals surface area contributed by atoms with Crippen molar-refractivity contribution in [3.8, 4) is 67.5 Å². The molecule has 4 heterocycles. The minimum absolute atomic E-state index is 0. The molecule has 0 atom stereocenters. The van der Waals surface area contributed by atoms with E-state index in [-0.39, 0.29) is 37.6 Å². The summed E-state index contributed by atoms with van der Waals surface area (Å²) in [6.07, 6.45) is 1.90. The van der Waals surface area contributed by atoms with E-state index in [0.29, 0.717) is 11.3 Å². The van der Waals surface area contributed by atoms with Gasteiger partial charge in [-0.25, -0.2) is 0 Å². The zero-order valence-corrected chi connectivity index (χ0v) is 36.5. The molecule has 9 aromatic rings. The molecule has 0 fully saturated rings. The Morgan fingerprint density at radius 1 is 0.569 bits per heavy atom. The number of hydrogen-bond acceptors (Lipinski definition) is 4. The molecule has 9 rings (SSSR count). The van der Waals surface area contributed by atoms with Crippen molar-refractivity contribution >= 4 is 32.5 Å². The van der Waals surface area contributed by atoms with Crippen molar-refractivity contribution in [3.63, 3.8) is 0 Å². The fourth-order valence-electron chi connectivity index (χ4n) is 7.68. The number of aromatic hydroxyl groups is 1. The molecular weight excluding hydrogens is 910 g/mol. The molecule has 0 radical (unpaired) electrons. The van der Waals surface area contributed by atoms with E-state index in [4.69, 9.17) is 9.97 Å². The van der Waals surface area contributed by atoms with Crippen LogP contribution in [0.2, 0.25) is 0 Å². The van der Waals surface area contributed by atoms with Gasteiger partial charge in [0.1, 0.15) is 10.6 Å². The van der Waals surface area contributed by atoms with Gasteiger partial charge in [-0.15, -0.1) is 35.6 Å². The Balaban J connectivity index is 0.00000469. The van der Waals surface area contributed by atoms with Crippen LogP contribution in [0.5, 0.6) is 5.75 Å². The molecule has 0 saturated carbocycles. The molecule has 0 amide bonds. The summed E-state index contributed by atoms with van der Waals surface area (Å²) >= 11 is 1.77. The van der Waals surface area contributed by atoms with Gasteiger partial charge in [-0.3, -0.25) is 9.97 Å². The molecule has 4 nitrogen and oxygen atoms in total. The van der Waals surface area contributed by atoms with E-state index in [9.17, 15) is 5.11 Å². The van der Waals surface area contributed by atoms with Crippen LogP contribution < -0.4 is 0 Å². The van der Waals surface area contributed by atoms with E-state index < -0.39 is 0 Å². The van der Waals surface area contributed by atoms with Gasteiger partial charge in [0.05, 0.1) is 11.2 Å². The summed E-state index contributed by atoms with van der Waals surface area (Å²) in [4.78, 5) is 11.3. The standard InChI is InChI=1S/C52H44N3OS.Pt/c1-51(2,3)38-27-36(28-39(32-38)52(4,5)6)37-30-46(54-47(31-37)44-18-10-11-21-48(44)56)35-15-12-14-34(26-35)45-29-33(22-24-53-45)41-19-13-20-42-43-23-25-57-50(43)55(49(41)42)40-16-8-7-9-17-40;/h7-25,27-32,56H,1-6H3;/q-1;. The summed E-state index contributed by atoms with van der Waals surface area (Å²) < 4.78 is 2.39. The van der Waals surface area contributed by atoms with Crippen LogP contribution in [0.1, 0.15) is 52.7 Å². The number of phenols is 1. The Hall–Kier alpha value is -5.61. The van der Waals surface area contributed by atoms with Crippen LogP contribution in [0.15, 0.2) is 151 Å². The molecular formula is C52H44N3OPtS-. The maximum Gasteiger partial charge on any atom is 0.124 e. The maximum absolute atomic E-state index is 11.0. The third-order valence-electron chi connectivity index (χ3n) is 10.8. The second-order valence-corrected chi connectivity index (χ2v) is 17.8. The summed E-state index contributed by atoms with van der Waals surface area (Å²) in [6, 6.07) is 52.2. The first-order valence-corrected chi connectivity index (χ1v) is 20.3. The van der Waals surface area contributed by atoms with E-state index in [1.165, 1.54) is 32.2 Å². The Kier molecular flexibility index (Phi) is 10.3. The second-order valence-electron chi connectivity index (χ2n) is 16.9. The molecule has 0 saturated heterocycles. The van der Waals surface area contributed by atoms with Gasteiger partial charge in [-0.05, 0) is 86.5 Å². The molecule has 58 heavy (non-hydrogen) atoms. The van der Waals surface area contributed by atoms with Crippen LogP contribution in [0, 0.1) is 6.07 Å². The smallest absolute Gasteiger partial charge is 0.124 e. The number of aromatic nitrogens is 3. The number of pyridine rings is 2. The van der Waals surface area contributed by atoms with Crippen LogP contribution in [0.25, 0.3) is 82.8 Å². The Morgan fingerprint density at radius 3 is 1.91 bits per heavy atom. The summed E-state index contributed by atoms with van der Waals surface area (Å²) in [7, 11) is 0. The fraction of sp³-hybridized carbons (Fsp3) is 0.154. The number of phenolic OH excluding ortho intramolecular Hbond substituents is 1. The number of hydrogen-bond donors (Lipinski definition) is 1. The molecule has 290 valence electrons. The third-order valence-corrected chi connectivity index (χ3v) is 11.7. The van der Waals surface area contributed by atoms with Gasteiger partial charge in [-0.1, -0.05) is 132 Å². The summed E-state index contributed by atoms with van der Waals surface area (Å²) in [5.74, 6) is 0.193. The molecule has 0 aliphatic carbocycles. The Morgan fingerprint density at radius 2 is 1.19 bits per heavy atom. The second kappa shape index (κ2) is 15.3. The van der Waals surface area contributed by atoms with Crippen LogP contribution in [-0.4, -0.2) is 19.6 Å². The van der Waals surface area contributed by atoms with Gasteiger partial charge < -0.3 is 9.67 Å². The molecule has 6 heteroatoms. The predicted octanol–water partition coefficient (Wildman–Crippen LogP) is 14.1. The van der Waals surface area contributed by atoms with E-state index >= 15 is 0 Å². The number of nitrogens with zero attached hydrogens (tertiary/aromatic N) is 3. The quantitative estimate of drug-likeness (QED) is 0.169. The molecule has 1 N–H and O–H groups in total. The number of benzene rings is 5. The topological polar surface area (TPSA) is 50.9 Å². The normalized spacial score (nSPS) is 11.9. The molecule has 0 aliphatic rings. The van der Waals surface area contributed by atoms with E-state index in [1.807, 2.05) is 24.4 Å². The SMILES string of the molecule is CC(C)(C)c1cc(-c2cc(-c3[c-]c(-c4cc(-c5cccc6c7ccsc7n(-c7ccccc7)c56)ccn4)ccc3)nc(-c3ccccc3O)c2)cc(C(C)(C)C)c1.[Pt]. The van der Waals surface area contributed by atoms with Crippen LogP contribution >= 0.6 is 11.3 Å². The largest absolute Gasteiger partial charge is 0.507 e. The first-order valence-electron chi connectivity index (χ1n) is 19.4. The van der Waals surface area contributed by atoms with Gasteiger partial charge >= 0.3 is 0 Å². The molecule has 0 spiro atoms. The first-order chi connectivity index (χ1) is 27.4. The molecule has 0 bridgehead atoms. The Bertz CT molecular complexity index is 2920. The van der Waals surface area contributed by atoms with Gasteiger partial charge in [0.2, 0.25) is 0 Å². The summed E-state index contributed by atoms with van der Waals surface area (Å²) in [5, 5.41) is 15.7. The average molecular weight is 954 g/mol. The summed E-state index contributed by atoms with van der Waals surface area (Å²) in [5.41, 5.74) is 13.9. The van der Waals surface area contributed by atoms with Gasteiger partial charge in [0, 0.05) is 66.2 Å². The van der Waals surface area contributed by atoms with Crippen LogP contribution in [0.3, 0.4) is 0 Å². The molecule has 4 aromatic heterocycles. The minimum atomic E-state index is -0.0394. The van der Waals surface area contributed by atoms with Crippen molar-refractivity contribution in [1.82, 2.24) is 14.5 Å². The van der Waals surface area contributed by atoms with E-state index in [2.05, 4.69) is 173 Å². The first kappa shape index (κ1) is 39.2. The predicted molar refractivity (Wildman–Crippen MR) is 239 cm³/mol. The van der Waals surface area contributed by atoms with E-state index in [0.717, 1.165) is 50.5 Å². The summed E-state index contributed by atoms with van der Waals surface area (Å²) in [6.45, 7) is 13.6. The van der Waals surface area contributed by atoms with Gasteiger partial charge in [0.25, 0.3) is 0 Å². The Labute approximate surface area is 359 Å². The van der Waals surface area contributed by atoms with Crippen LogP contribution in [0.4, 0.5) is 0 Å². The average Bonchev–Trinajstić information content (AvgIpc) is 3.82. The zero-order valence-electron chi connectivity index (χ0n) is 33.4. The fourth-order valence-corrected chi connectivity index (χ4v) is 8.62. The van der Waals surface area contributed by atoms with E-state index in [1.54, 1.807) is 17.4 Å². The number of para-hydroxylation sites is 3. The molecule has 5 aromatic carbocycles. The minimum Gasteiger partial charge on any atom is -0.507 e. The van der Waals surface area contributed by atoms with Crippen molar-refractivity contribution in [3.05, 3.63) is 168 Å². The zero-order chi connectivity index (χ0) is 39.5. The molecule has 0 unspecified atom stereocenters. The maximum atomic E-state index is 11.0. The monoisotopic (exact) mass is 953 g/mol. The van der Waals surface area contributed by atoms with Gasteiger partial charge in [0.15, 0.2) is 0 Å². The van der Waals surface area contributed by atoms with Crippen molar-refractivity contribution < 1.29 is 26.2 Å². The third kappa shape index (κ3) is 7.34. The number of rotatable bonds is 6. The van der Waals surface area contributed by atoms with Crippen LogP contribution in [-0.2, 0) is 31.9 Å². The number of fused-ring (bicyclic) bond motifs is 3. The van der Waals surface area contributed by atoms with Gasteiger partial charge in [-0.2, -0.15) is 0 Å². The van der Waals surface area contributed by atoms with Crippen molar-refractivity contribution in [1.29, 1.82) is 0 Å². The molecule has 0 aliphatic heterocycles. The van der Waals surface area contributed by atoms with Crippen molar-refractivity contribution in [2.45, 2.75) is 52.4 Å². The van der Waals surface area contributed by atoms with Crippen molar-refractivity contribution in [2.75, 3.05) is 0 Å².